The fourth-order valence-electron chi connectivity index (χ4n) is 2.43. The van der Waals surface area contributed by atoms with Gasteiger partial charge in [-0.2, -0.15) is 0 Å². The molecule has 1 N–H and O–H groups in total. The van der Waals surface area contributed by atoms with Gasteiger partial charge < -0.3 is 10.0 Å². The lowest BCUT2D eigenvalue weighted by molar-refractivity contribution is -0.121. The van der Waals surface area contributed by atoms with Crippen LogP contribution in [0.15, 0.2) is 36.4 Å². The third-order valence-corrected chi connectivity index (χ3v) is 3.37. The monoisotopic (exact) mass is 269 g/mol. The van der Waals surface area contributed by atoms with Gasteiger partial charge in [0.25, 0.3) is 0 Å². The van der Waals surface area contributed by atoms with Crippen molar-refractivity contribution in [1.82, 2.24) is 0 Å². The summed E-state index contributed by atoms with van der Waals surface area (Å²) in [7, 11) is 0. The van der Waals surface area contributed by atoms with Gasteiger partial charge in [0.2, 0.25) is 5.91 Å². The highest BCUT2D eigenvalue weighted by molar-refractivity contribution is 6.17. The van der Waals surface area contributed by atoms with Gasteiger partial charge in [0, 0.05) is 0 Å². The number of rotatable bonds is 2. The lowest BCUT2D eigenvalue weighted by Crippen LogP contribution is -2.26. The lowest BCUT2D eigenvalue weighted by atomic mass is 10.0. The molecule has 0 aromatic heterocycles. The van der Waals surface area contributed by atoms with Gasteiger partial charge in [0.1, 0.15) is 0 Å². The van der Waals surface area contributed by atoms with Crippen LogP contribution in [0.5, 0.6) is 0 Å². The van der Waals surface area contributed by atoms with Crippen LogP contribution in [0.3, 0.4) is 0 Å². The summed E-state index contributed by atoms with van der Waals surface area (Å²) in [5.41, 5.74) is 0.318. The van der Waals surface area contributed by atoms with Gasteiger partial charge in [0.15, 0.2) is 5.78 Å². The first kappa shape index (κ1) is 12.3. The molecule has 1 amide bonds. The van der Waals surface area contributed by atoms with E-state index < -0.39 is 5.97 Å². The van der Waals surface area contributed by atoms with Crippen LogP contribution in [0.1, 0.15) is 16.8 Å². The Morgan fingerprint density at radius 1 is 1.10 bits per heavy atom. The Labute approximate surface area is 114 Å². The molecule has 2 aromatic rings. The molecule has 1 aliphatic heterocycles. The first-order valence-corrected chi connectivity index (χ1v) is 6.14. The van der Waals surface area contributed by atoms with Crippen molar-refractivity contribution in [2.45, 2.75) is 6.42 Å². The van der Waals surface area contributed by atoms with E-state index in [1.807, 2.05) is 24.3 Å². The van der Waals surface area contributed by atoms with E-state index in [1.165, 1.54) is 11.0 Å². The van der Waals surface area contributed by atoms with Crippen LogP contribution >= 0.6 is 0 Å². The number of fused-ring (bicyclic) bond motifs is 1. The third kappa shape index (κ3) is 1.93. The predicted molar refractivity (Wildman–Crippen MR) is 72.9 cm³/mol. The molecule has 5 heteroatoms. The first-order chi connectivity index (χ1) is 9.56. The largest absolute Gasteiger partial charge is 0.478 e. The van der Waals surface area contributed by atoms with E-state index in [0.29, 0.717) is 0 Å². The van der Waals surface area contributed by atoms with Crippen LogP contribution in [-0.4, -0.2) is 29.3 Å². The number of hydrogen-bond acceptors (Lipinski definition) is 3. The van der Waals surface area contributed by atoms with Gasteiger partial charge in [-0.15, -0.1) is 0 Å². The molecule has 0 unspecified atom stereocenters. The summed E-state index contributed by atoms with van der Waals surface area (Å²) in [5, 5.41) is 10.9. The molecule has 100 valence electrons. The summed E-state index contributed by atoms with van der Waals surface area (Å²) in [4.78, 5) is 35.8. The molecule has 5 nitrogen and oxygen atoms in total. The number of nitrogens with zero attached hydrogens (tertiary/aromatic N) is 1. The molecule has 2 aromatic carbocycles. The number of ketones is 1. The van der Waals surface area contributed by atoms with Gasteiger partial charge in [0.05, 0.1) is 24.2 Å². The zero-order valence-corrected chi connectivity index (χ0v) is 10.5. The molecule has 1 fully saturated rings. The number of benzene rings is 2. The SMILES string of the molecule is O=C1CC(=O)N(c2cc3ccccc3cc2C(=O)O)C1. The second-order valence-electron chi connectivity index (χ2n) is 4.72. The standard InChI is InChI=1S/C15H11NO4/c17-11-7-14(18)16(8-11)13-6-10-4-2-1-3-9(10)5-12(13)15(19)20/h1-6H,7-8H2,(H,19,20). The average molecular weight is 269 g/mol. The molecule has 20 heavy (non-hydrogen) atoms. The van der Waals surface area contributed by atoms with Gasteiger partial charge in [-0.3, -0.25) is 9.59 Å². The Bertz CT molecular complexity index is 751. The molecule has 3 rings (SSSR count). The molecule has 0 aliphatic carbocycles. The van der Waals surface area contributed by atoms with Crippen molar-refractivity contribution < 1.29 is 19.5 Å². The van der Waals surface area contributed by atoms with Crippen molar-refractivity contribution >= 4 is 34.1 Å². The fourth-order valence-corrected chi connectivity index (χ4v) is 2.43. The number of carbonyl (C=O) groups is 3. The molecule has 1 heterocycles. The van der Waals surface area contributed by atoms with Crippen molar-refractivity contribution in [3.8, 4) is 0 Å². The smallest absolute Gasteiger partial charge is 0.337 e. The second-order valence-corrected chi connectivity index (χ2v) is 4.72. The highest BCUT2D eigenvalue weighted by Crippen LogP contribution is 2.29. The Morgan fingerprint density at radius 2 is 1.75 bits per heavy atom. The van der Waals surface area contributed by atoms with E-state index in [0.717, 1.165) is 10.8 Å². The van der Waals surface area contributed by atoms with Crippen molar-refractivity contribution in [3.63, 3.8) is 0 Å². The Morgan fingerprint density at radius 3 is 2.30 bits per heavy atom. The summed E-state index contributed by atoms with van der Waals surface area (Å²) < 4.78 is 0. The number of carboxylic acid groups (broad SMARTS) is 1. The molecule has 0 bridgehead atoms. The lowest BCUT2D eigenvalue weighted by Gasteiger charge is -2.18. The summed E-state index contributed by atoms with van der Waals surface area (Å²) in [6.07, 6.45) is -0.161. The van der Waals surface area contributed by atoms with Crippen LogP contribution in [0.4, 0.5) is 5.69 Å². The van der Waals surface area contributed by atoms with Crippen molar-refractivity contribution in [3.05, 3.63) is 42.0 Å². The van der Waals surface area contributed by atoms with E-state index in [4.69, 9.17) is 0 Å². The molecule has 1 saturated heterocycles. The van der Waals surface area contributed by atoms with Crippen LogP contribution < -0.4 is 4.90 Å². The molecule has 1 aliphatic rings. The van der Waals surface area contributed by atoms with Crippen LogP contribution in [-0.2, 0) is 9.59 Å². The van der Waals surface area contributed by atoms with E-state index in [-0.39, 0.29) is 35.9 Å². The molecular formula is C15H11NO4. The number of amides is 1. The van der Waals surface area contributed by atoms with Crippen LogP contribution in [0.25, 0.3) is 10.8 Å². The molecule has 0 saturated carbocycles. The zero-order chi connectivity index (χ0) is 14.3. The van der Waals surface area contributed by atoms with Crippen LogP contribution in [0.2, 0.25) is 0 Å². The third-order valence-electron chi connectivity index (χ3n) is 3.37. The second kappa shape index (κ2) is 4.45. The Hall–Kier alpha value is -2.69. The fraction of sp³-hybridized carbons (Fsp3) is 0.133. The topological polar surface area (TPSA) is 74.7 Å². The highest BCUT2D eigenvalue weighted by Gasteiger charge is 2.31. The first-order valence-electron chi connectivity index (χ1n) is 6.14. The summed E-state index contributed by atoms with van der Waals surface area (Å²) in [6, 6.07) is 10.5. The molecular weight excluding hydrogens is 258 g/mol. The zero-order valence-electron chi connectivity index (χ0n) is 10.5. The molecule has 0 radical (unpaired) electrons. The van der Waals surface area contributed by atoms with Crippen molar-refractivity contribution in [2.75, 3.05) is 11.4 Å². The number of aromatic carboxylic acids is 1. The number of Topliss-reactive ketones (excluding diaryl/α,β-unsaturated/α-hetero) is 1. The molecule has 0 atom stereocenters. The van der Waals surface area contributed by atoms with Crippen molar-refractivity contribution in [1.29, 1.82) is 0 Å². The normalized spacial score (nSPS) is 15.1. The highest BCUT2D eigenvalue weighted by atomic mass is 16.4. The van der Waals surface area contributed by atoms with Gasteiger partial charge in [-0.1, -0.05) is 24.3 Å². The number of hydrogen-bond donors (Lipinski definition) is 1. The van der Waals surface area contributed by atoms with Gasteiger partial charge >= 0.3 is 5.97 Å². The molecule has 0 spiro atoms. The van der Waals surface area contributed by atoms with Gasteiger partial charge in [-0.05, 0) is 22.9 Å². The minimum absolute atomic E-state index is 0.0340. The number of carboxylic acids is 1. The maximum Gasteiger partial charge on any atom is 0.337 e. The van der Waals surface area contributed by atoms with E-state index in [2.05, 4.69) is 0 Å². The minimum atomic E-state index is -1.11. The quantitative estimate of drug-likeness (QED) is 0.844. The maximum absolute atomic E-state index is 11.8. The van der Waals surface area contributed by atoms with Crippen molar-refractivity contribution in [2.24, 2.45) is 0 Å². The minimum Gasteiger partial charge on any atom is -0.478 e. The Balaban J connectivity index is 2.22. The van der Waals surface area contributed by atoms with Crippen LogP contribution in [0, 0.1) is 0 Å². The van der Waals surface area contributed by atoms with E-state index in [9.17, 15) is 19.5 Å². The maximum atomic E-state index is 11.8. The summed E-state index contributed by atoms with van der Waals surface area (Å²) in [5.74, 6) is -1.66. The van der Waals surface area contributed by atoms with E-state index in [1.54, 1.807) is 6.07 Å². The van der Waals surface area contributed by atoms with Gasteiger partial charge in [-0.25, -0.2) is 4.79 Å². The number of anilines is 1. The average Bonchev–Trinajstić information content (AvgIpc) is 2.76. The van der Waals surface area contributed by atoms with E-state index >= 15 is 0 Å². The summed E-state index contributed by atoms with van der Waals surface area (Å²) in [6.45, 7) is -0.0581. The Kier molecular flexibility index (Phi) is 2.75. The number of carbonyl (C=O) groups excluding carboxylic acids is 2. The predicted octanol–water partition coefficient (Wildman–Crippen LogP) is 1.84. The summed E-state index contributed by atoms with van der Waals surface area (Å²) >= 11 is 0.